The summed E-state index contributed by atoms with van der Waals surface area (Å²) in [6.45, 7) is 0. The minimum Gasteiger partial charge on any atom is -0.496 e. The van der Waals surface area contributed by atoms with Crippen LogP contribution in [-0.4, -0.2) is 26.2 Å². The summed E-state index contributed by atoms with van der Waals surface area (Å²) in [6.07, 6.45) is 0. The van der Waals surface area contributed by atoms with Crippen molar-refractivity contribution in [3.63, 3.8) is 0 Å². The van der Waals surface area contributed by atoms with E-state index in [9.17, 15) is 0 Å². The molecule has 12 rings (SSSR count). The van der Waals surface area contributed by atoms with Crippen LogP contribution in [-0.2, 0) is 0 Å². The third-order valence-electron chi connectivity index (χ3n) is 12.0. The van der Waals surface area contributed by atoms with Crippen LogP contribution < -0.4 is 4.74 Å². The normalized spacial score (nSPS) is 11.8. The van der Waals surface area contributed by atoms with Gasteiger partial charge in [0.1, 0.15) is 5.75 Å². The van der Waals surface area contributed by atoms with E-state index in [1.165, 1.54) is 43.7 Å². The number of nitrogens with zero attached hydrogens (tertiary/aromatic N) is 4. The van der Waals surface area contributed by atoms with Crippen molar-refractivity contribution >= 4 is 65.4 Å². The highest BCUT2D eigenvalue weighted by Crippen LogP contribution is 2.39. The van der Waals surface area contributed by atoms with Crippen molar-refractivity contribution in [2.45, 2.75) is 0 Å². The highest BCUT2D eigenvalue weighted by molar-refractivity contribution is 6.13. The first kappa shape index (κ1) is 34.1. The van der Waals surface area contributed by atoms with E-state index in [0.29, 0.717) is 0 Å². The van der Waals surface area contributed by atoms with Crippen molar-refractivity contribution in [3.05, 3.63) is 200 Å². The molecule has 0 aliphatic heterocycles. The molecule has 12 aromatic rings. The van der Waals surface area contributed by atoms with Gasteiger partial charge < -0.3 is 13.9 Å². The summed E-state index contributed by atoms with van der Waals surface area (Å²) >= 11 is 0. The molecule has 0 amide bonds. The summed E-state index contributed by atoms with van der Waals surface area (Å²) in [5.41, 5.74) is 14.8. The molecule has 0 spiro atoms. The fourth-order valence-electron chi connectivity index (χ4n) is 9.18. The van der Waals surface area contributed by atoms with E-state index in [2.05, 4.69) is 185 Å². The maximum absolute atomic E-state index is 5.68. The number of benzene rings is 8. The molecule has 5 heteroatoms. The van der Waals surface area contributed by atoms with Crippen LogP contribution in [0, 0.1) is 0 Å². The van der Waals surface area contributed by atoms with E-state index in [1.807, 2.05) is 24.3 Å². The maximum atomic E-state index is 5.68. The summed E-state index contributed by atoms with van der Waals surface area (Å²) < 4.78 is 10.4. The highest BCUT2D eigenvalue weighted by atomic mass is 16.5. The van der Waals surface area contributed by atoms with Gasteiger partial charge in [-0.3, -0.25) is 0 Å². The Kier molecular flexibility index (Phi) is 7.69. The molecule has 0 aliphatic carbocycles. The zero-order chi connectivity index (χ0) is 39.7. The predicted octanol–water partition coefficient (Wildman–Crippen LogP) is 14.0. The summed E-state index contributed by atoms with van der Waals surface area (Å²) in [7, 11) is 1.70. The third-order valence-corrected chi connectivity index (χ3v) is 12.0. The summed E-state index contributed by atoms with van der Waals surface area (Å²) in [6, 6.07) is 71.3. The summed E-state index contributed by atoms with van der Waals surface area (Å²) in [5.74, 6) is 0.793. The van der Waals surface area contributed by atoms with Crippen molar-refractivity contribution in [1.82, 2.24) is 19.1 Å². The Bertz CT molecular complexity index is 3660. The molecular weight excluding hydrogens is 733 g/mol. The number of fused-ring (bicyclic) bond motifs is 9. The SMILES string of the molecule is COc1ccccc1-c1ccc2ccc3ccc(-c4cccc(-n5c6ccccc6c6cc(-c7ccc8c(c7)c7ccccc7n8-c7ccccc7)ccc65)c4)nc3c2n1. The van der Waals surface area contributed by atoms with E-state index in [0.717, 1.165) is 72.5 Å². The molecule has 0 saturated heterocycles. The van der Waals surface area contributed by atoms with E-state index < -0.39 is 0 Å². The van der Waals surface area contributed by atoms with Crippen LogP contribution in [0.4, 0.5) is 0 Å². The Morgan fingerprint density at radius 2 is 0.883 bits per heavy atom. The number of rotatable bonds is 6. The first-order valence-electron chi connectivity index (χ1n) is 20.3. The van der Waals surface area contributed by atoms with Gasteiger partial charge in [0.15, 0.2) is 0 Å². The number of methoxy groups -OCH3 is 1. The largest absolute Gasteiger partial charge is 0.496 e. The molecule has 60 heavy (non-hydrogen) atoms. The van der Waals surface area contributed by atoms with Gasteiger partial charge in [-0.15, -0.1) is 0 Å². The number of pyridine rings is 2. The lowest BCUT2D eigenvalue weighted by Crippen LogP contribution is -1.95. The van der Waals surface area contributed by atoms with E-state index in [-0.39, 0.29) is 0 Å². The van der Waals surface area contributed by atoms with Crippen LogP contribution in [0.1, 0.15) is 0 Å². The van der Waals surface area contributed by atoms with Gasteiger partial charge in [-0.05, 0) is 96.1 Å². The van der Waals surface area contributed by atoms with E-state index in [4.69, 9.17) is 14.7 Å². The number of hydrogen-bond donors (Lipinski definition) is 0. The first-order valence-corrected chi connectivity index (χ1v) is 20.3. The molecule has 0 saturated carbocycles. The molecule has 0 radical (unpaired) electrons. The standard InChI is InChI=1S/C55H36N4O/c1-60-53-21-10-7-18-44(53)48-29-25-36-23-22-35-24-28-47(56-54(35)55(36)57-48)39-12-11-15-41(32-39)59-50-20-9-6-17-43(50)46-34-38(27-31-52(46)59)37-26-30-51-45(33-37)42-16-5-8-19-49(42)58(51)40-13-3-2-4-14-40/h2-34H,1H3. The van der Waals surface area contributed by atoms with Gasteiger partial charge in [0.25, 0.3) is 0 Å². The molecule has 4 heterocycles. The quantitative estimate of drug-likeness (QED) is 0.158. The Morgan fingerprint density at radius 1 is 0.367 bits per heavy atom. The minimum absolute atomic E-state index is 0.793. The summed E-state index contributed by atoms with van der Waals surface area (Å²) in [5, 5.41) is 7.02. The number of ether oxygens (including phenoxy) is 1. The molecule has 0 fully saturated rings. The van der Waals surface area contributed by atoms with Crippen molar-refractivity contribution in [3.8, 4) is 50.8 Å². The van der Waals surface area contributed by atoms with Crippen LogP contribution in [0.25, 0.3) is 110 Å². The van der Waals surface area contributed by atoms with Crippen LogP contribution in [0.3, 0.4) is 0 Å². The second-order valence-corrected chi connectivity index (χ2v) is 15.4. The Hall–Kier alpha value is -8.02. The molecule has 4 aromatic heterocycles. The van der Waals surface area contributed by atoms with Gasteiger partial charge in [-0.25, -0.2) is 9.97 Å². The minimum atomic E-state index is 0.793. The topological polar surface area (TPSA) is 44.9 Å². The zero-order valence-electron chi connectivity index (χ0n) is 32.7. The van der Waals surface area contributed by atoms with Crippen LogP contribution in [0.15, 0.2) is 200 Å². The number of hydrogen-bond acceptors (Lipinski definition) is 3. The van der Waals surface area contributed by atoms with Crippen LogP contribution in [0.5, 0.6) is 5.75 Å². The van der Waals surface area contributed by atoms with Gasteiger partial charge in [0, 0.05) is 54.8 Å². The average Bonchev–Trinajstić information content (AvgIpc) is 3.83. The van der Waals surface area contributed by atoms with Gasteiger partial charge in [0.05, 0.1) is 51.6 Å². The first-order chi connectivity index (χ1) is 29.7. The van der Waals surface area contributed by atoms with E-state index in [1.54, 1.807) is 7.11 Å². The predicted molar refractivity (Wildman–Crippen MR) is 249 cm³/mol. The van der Waals surface area contributed by atoms with Gasteiger partial charge in [-0.1, -0.05) is 115 Å². The van der Waals surface area contributed by atoms with E-state index >= 15 is 0 Å². The fourth-order valence-corrected chi connectivity index (χ4v) is 9.18. The van der Waals surface area contributed by atoms with Crippen LogP contribution >= 0.6 is 0 Å². The molecule has 8 aromatic carbocycles. The Labute approximate surface area is 346 Å². The fraction of sp³-hybridized carbons (Fsp3) is 0.0182. The number of para-hydroxylation sites is 4. The van der Waals surface area contributed by atoms with Gasteiger partial charge in [-0.2, -0.15) is 0 Å². The van der Waals surface area contributed by atoms with Crippen molar-refractivity contribution in [1.29, 1.82) is 0 Å². The smallest absolute Gasteiger partial charge is 0.128 e. The number of aromatic nitrogens is 4. The highest BCUT2D eigenvalue weighted by Gasteiger charge is 2.17. The third kappa shape index (κ3) is 5.33. The second kappa shape index (κ2) is 13.5. The molecule has 282 valence electrons. The average molecular weight is 769 g/mol. The molecule has 0 bridgehead atoms. The zero-order valence-corrected chi connectivity index (χ0v) is 32.7. The monoisotopic (exact) mass is 768 g/mol. The molecule has 0 aliphatic rings. The Balaban J connectivity index is 0.969. The maximum Gasteiger partial charge on any atom is 0.128 e. The lowest BCUT2D eigenvalue weighted by atomic mass is 10.0. The summed E-state index contributed by atoms with van der Waals surface area (Å²) in [4.78, 5) is 10.5. The molecule has 0 N–H and O–H groups in total. The molecule has 0 unspecified atom stereocenters. The van der Waals surface area contributed by atoms with Crippen molar-refractivity contribution in [2.24, 2.45) is 0 Å². The van der Waals surface area contributed by atoms with Crippen LogP contribution in [0.2, 0.25) is 0 Å². The van der Waals surface area contributed by atoms with Gasteiger partial charge in [0.2, 0.25) is 0 Å². The lowest BCUT2D eigenvalue weighted by Gasteiger charge is -2.12. The molecule has 0 atom stereocenters. The van der Waals surface area contributed by atoms with Gasteiger partial charge >= 0.3 is 0 Å². The Morgan fingerprint density at radius 3 is 1.55 bits per heavy atom. The van der Waals surface area contributed by atoms with Crippen molar-refractivity contribution < 1.29 is 4.74 Å². The lowest BCUT2D eigenvalue weighted by molar-refractivity contribution is 0.416. The second-order valence-electron chi connectivity index (χ2n) is 15.4. The molecular formula is C55H36N4O. The molecule has 5 nitrogen and oxygen atoms in total. The van der Waals surface area contributed by atoms with Crippen molar-refractivity contribution in [2.75, 3.05) is 7.11 Å².